The number of hydrogen-bond donors (Lipinski definition) is 3. The number of aromatic nitrogens is 3. The van der Waals surface area contributed by atoms with E-state index in [-0.39, 0.29) is 5.69 Å². The lowest BCUT2D eigenvalue weighted by atomic mass is 9.95. The van der Waals surface area contributed by atoms with Crippen molar-refractivity contribution in [2.24, 2.45) is 7.05 Å². The Morgan fingerprint density at radius 3 is 2.75 bits per heavy atom. The molecule has 0 aliphatic heterocycles. The van der Waals surface area contributed by atoms with Gasteiger partial charge in [-0.25, -0.2) is 9.89 Å². The van der Waals surface area contributed by atoms with Crippen LogP contribution in [0.15, 0.2) is 9.95 Å². The molecule has 1 aromatic heterocycles. The van der Waals surface area contributed by atoms with Gasteiger partial charge in [0.2, 0.25) is 0 Å². The molecule has 1 atom stereocenters. The Morgan fingerprint density at radius 2 is 2.25 bits per heavy atom. The van der Waals surface area contributed by atoms with Gasteiger partial charge < -0.3 is 10.4 Å². The second-order valence-corrected chi connectivity index (χ2v) is 5.91. The zero-order valence-corrected chi connectivity index (χ0v) is 12.9. The van der Waals surface area contributed by atoms with Crippen molar-refractivity contribution in [3.05, 3.63) is 10.5 Å². The summed E-state index contributed by atoms with van der Waals surface area (Å²) in [5.41, 5.74) is -1.09. The third-order valence-corrected chi connectivity index (χ3v) is 4.30. The molecule has 0 bridgehead atoms. The van der Waals surface area contributed by atoms with Gasteiger partial charge in [0, 0.05) is 12.8 Å². The van der Waals surface area contributed by atoms with E-state index in [1.54, 1.807) is 14.0 Å². The lowest BCUT2D eigenvalue weighted by molar-refractivity contribution is -0.144. The van der Waals surface area contributed by atoms with Gasteiger partial charge in [-0.05, 0) is 26.3 Å². The van der Waals surface area contributed by atoms with Crippen molar-refractivity contribution in [2.75, 3.05) is 12.3 Å². The molecule has 0 saturated heterocycles. The molecule has 1 unspecified atom stereocenters. The van der Waals surface area contributed by atoms with E-state index < -0.39 is 11.5 Å². The van der Waals surface area contributed by atoms with Crippen LogP contribution in [0.2, 0.25) is 0 Å². The highest BCUT2D eigenvalue weighted by Crippen LogP contribution is 2.18. The van der Waals surface area contributed by atoms with Crippen LogP contribution in [0.4, 0.5) is 0 Å². The normalized spacial score (nSPS) is 14.2. The van der Waals surface area contributed by atoms with Crippen LogP contribution in [0, 0.1) is 0 Å². The van der Waals surface area contributed by atoms with E-state index in [4.69, 9.17) is 0 Å². The van der Waals surface area contributed by atoms with Gasteiger partial charge >= 0.3 is 11.7 Å². The monoisotopic (exact) mass is 302 g/mol. The number of aromatic amines is 1. The number of hydrogen-bond acceptors (Lipinski definition) is 5. The number of unbranched alkanes of at least 4 members (excludes halogenated alkanes) is 1. The first-order valence-electron chi connectivity index (χ1n) is 6.63. The number of carbonyl (C=O) groups is 1. The number of H-pyrrole nitrogens is 1. The molecule has 0 fully saturated rings. The standard InChI is InChI=1S/C12H22N4O3S/c1-4-13-12(2,9(17)18)7-5-6-8-20-11-15-14-10(19)16(11)3/h13H,4-8H2,1-3H3,(H,14,19)(H,17,18). The van der Waals surface area contributed by atoms with Gasteiger partial charge in [-0.3, -0.25) is 9.36 Å². The highest BCUT2D eigenvalue weighted by atomic mass is 32.2. The zero-order valence-electron chi connectivity index (χ0n) is 12.1. The van der Waals surface area contributed by atoms with Crippen LogP contribution in [0.5, 0.6) is 0 Å². The van der Waals surface area contributed by atoms with Gasteiger partial charge in [-0.1, -0.05) is 25.1 Å². The average Bonchev–Trinajstić information content (AvgIpc) is 2.70. The van der Waals surface area contributed by atoms with Crippen LogP contribution in [-0.4, -0.2) is 43.7 Å². The van der Waals surface area contributed by atoms with Crippen LogP contribution in [0.3, 0.4) is 0 Å². The number of aliphatic carboxylic acids is 1. The van der Waals surface area contributed by atoms with E-state index >= 15 is 0 Å². The smallest absolute Gasteiger partial charge is 0.343 e. The maximum atomic E-state index is 11.2. The van der Waals surface area contributed by atoms with E-state index in [0.29, 0.717) is 18.1 Å². The third kappa shape index (κ3) is 4.38. The molecule has 0 radical (unpaired) electrons. The first-order valence-corrected chi connectivity index (χ1v) is 7.62. The lowest BCUT2D eigenvalue weighted by Gasteiger charge is -2.25. The highest BCUT2D eigenvalue weighted by Gasteiger charge is 2.30. The van der Waals surface area contributed by atoms with Gasteiger partial charge in [-0.15, -0.1) is 5.10 Å². The van der Waals surface area contributed by atoms with Crippen molar-refractivity contribution < 1.29 is 9.90 Å². The number of nitrogens with one attached hydrogen (secondary N) is 2. The first kappa shape index (κ1) is 16.8. The van der Waals surface area contributed by atoms with Crippen molar-refractivity contribution in [1.82, 2.24) is 20.1 Å². The summed E-state index contributed by atoms with van der Waals surface area (Å²) in [6.07, 6.45) is 2.26. The Balaban J connectivity index is 2.32. The summed E-state index contributed by atoms with van der Waals surface area (Å²) in [4.78, 5) is 22.4. The fraction of sp³-hybridized carbons (Fsp3) is 0.750. The molecule has 114 valence electrons. The molecule has 0 aromatic carbocycles. The van der Waals surface area contributed by atoms with Crippen molar-refractivity contribution in [1.29, 1.82) is 0 Å². The van der Waals surface area contributed by atoms with Gasteiger partial charge in [0.15, 0.2) is 5.16 Å². The number of carboxylic acid groups (broad SMARTS) is 1. The molecule has 1 aromatic rings. The first-order chi connectivity index (χ1) is 9.40. The molecule has 20 heavy (non-hydrogen) atoms. The van der Waals surface area contributed by atoms with Crippen molar-refractivity contribution in [3.8, 4) is 0 Å². The SMILES string of the molecule is CCNC(C)(CCCCSc1n[nH]c(=O)n1C)C(=O)O. The minimum atomic E-state index is -0.862. The van der Waals surface area contributed by atoms with Gasteiger partial charge in [0.25, 0.3) is 0 Å². The molecular formula is C12H22N4O3S. The molecule has 8 heteroatoms. The molecule has 1 rings (SSSR count). The number of thioether (sulfide) groups is 1. The lowest BCUT2D eigenvalue weighted by Crippen LogP contribution is -2.49. The second-order valence-electron chi connectivity index (χ2n) is 4.84. The molecule has 7 nitrogen and oxygen atoms in total. The minimum absolute atomic E-state index is 0.224. The summed E-state index contributed by atoms with van der Waals surface area (Å²) in [6, 6.07) is 0. The molecule has 1 heterocycles. The van der Waals surface area contributed by atoms with Crippen LogP contribution in [0.1, 0.15) is 33.1 Å². The van der Waals surface area contributed by atoms with E-state index in [0.717, 1.165) is 18.6 Å². The molecule has 0 aliphatic carbocycles. The van der Waals surface area contributed by atoms with Crippen LogP contribution >= 0.6 is 11.8 Å². The molecule has 0 amide bonds. The minimum Gasteiger partial charge on any atom is -0.480 e. The summed E-state index contributed by atoms with van der Waals surface area (Å²) in [7, 11) is 1.67. The number of nitrogens with zero attached hydrogens (tertiary/aromatic N) is 2. The van der Waals surface area contributed by atoms with E-state index in [2.05, 4.69) is 15.5 Å². The van der Waals surface area contributed by atoms with Crippen LogP contribution in [-0.2, 0) is 11.8 Å². The van der Waals surface area contributed by atoms with E-state index in [1.165, 1.54) is 16.3 Å². The van der Waals surface area contributed by atoms with Gasteiger partial charge in [-0.2, -0.15) is 0 Å². The molecule has 0 aliphatic rings. The molecule has 3 N–H and O–H groups in total. The number of likely N-dealkylation sites (N-methyl/N-ethyl adjacent to an activating group) is 1. The summed E-state index contributed by atoms with van der Waals surface area (Å²) in [6.45, 7) is 4.24. The van der Waals surface area contributed by atoms with Crippen molar-refractivity contribution in [2.45, 2.75) is 43.8 Å². The van der Waals surface area contributed by atoms with Gasteiger partial charge in [0.1, 0.15) is 5.54 Å². The van der Waals surface area contributed by atoms with Crippen molar-refractivity contribution >= 4 is 17.7 Å². The summed E-state index contributed by atoms with van der Waals surface area (Å²) in [5.74, 6) is -0.0124. The summed E-state index contributed by atoms with van der Waals surface area (Å²) >= 11 is 1.49. The Hall–Kier alpha value is -1.28. The quantitative estimate of drug-likeness (QED) is 0.461. The fourth-order valence-electron chi connectivity index (χ4n) is 1.87. The topological polar surface area (TPSA) is 100 Å². The third-order valence-electron chi connectivity index (χ3n) is 3.18. The molecule has 0 spiro atoms. The van der Waals surface area contributed by atoms with E-state index in [1.807, 2.05) is 6.92 Å². The molecular weight excluding hydrogens is 280 g/mol. The summed E-state index contributed by atoms with van der Waals surface area (Å²) < 4.78 is 1.46. The predicted octanol–water partition coefficient (Wildman–Crippen LogP) is 0.824. The Bertz CT molecular complexity index is 499. The maximum Gasteiger partial charge on any atom is 0.343 e. The number of carboxylic acids is 1. The molecule has 0 saturated carbocycles. The van der Waals surface area contributed by atoms with Crippen LogP contribution < -0.4 is 11.0 Å². The largest absolute Gasteiger partial charge is 0.480 e. The Kier molecular flexibility index (Phi) is 6.28. The van der Waals surface area contributed by atoms with Crippen molar-refractivity contribution in [3.63, 3.8) is 0 Å². The summed E-state index contributed by atoms with van der Waals surface area (Å²) in [5, 5.41) is 19.2. The second kappa shape index (κ2) is 7.49. The maximum absolute atomic E-state index is 11.2. The fourth-order valence-corrected chi connectivity index (χ4v) is 2.78. The Morgan fingerprint density at radius 1 is 1.55 bits per heavy atom. The van der Waals surface area contributed by atoms with Gasteiger partial charge in [0.05, 0.1) is 0 Å². The highest BCUT2D eigenvalue weighted by molar-refractivity contribution is 7.99. The average molecular weight is 302 g/mol. The van der Waals surface area contributed by atoms with E-state index in [9.17, 15) is 14.7 Å². The zero-order chi connectivity index (χ0) is 15.2. The number of rotatable bonds is 9. The predicted molar refractivity (Wildman–Crippen MR) is 78.1 cm³/mol. The van der Waals surface area contributed by atoms with Crippen LogP contribution in [0.25, 0.3) is 0 Å². The Labute approximate surface area is 122 Å².